The van der Waals surface area contributed by atoms with Crippen molar-refractivity contribution < 1.29 is 19.1 Å². The van der Waals surface area contributed by atoms with Crippen LogP contribution in [0.3, 0.4) is 0 Å². The predicted octanol–water partition coefficient (Wildman–Crippen LogP) is 8.73. The average molecular weight is 488 g/mol. The molecule has 1 N–H and O–H groups in total. The van der Waals surface area contributed by atoms with Gasteiger partial charge in [-0.1, -0.05) is 60.8 Å². The fourth-order valence-electron chi connectivity index (χ4n) is 6.14. The maximum Gasteiger partial charge on any atom is 0.418 e. The Balaban J connectivity index is 2.24. The van der Waals surface area contributed by atoms with Crippen molar-refractivity contribution in [2.24, 2.45) is 0 Å². The number of benzene rings is 1. The lowest BCUT2D eigenvalue weighted by atomic mass is 9.83. The summed E-state index contributed by atoms with van der Waals surface area (Å²) in [6.07, 6.45) is 6.95. The lowest BCUT2D eigenvalue weighted by molar-refractivity contribution is 0.0544. The van der Waals surface area contributed by atoms with E-state index in [9.17, 15) is 9.90 Å². The zero-order chi connectivity index (χ0) is 25.4. The molecule has 5 nitrogen and oxygen atoms in total. The number of carbonyl (C=O) groups excluding carboxylic acids is 1. The lowest BCUT2D eigenvalue weighted by Crippen LogP contribution is -2.51. The molecule has 0 unspecified atom stereocenters. The van der Waals surface area contributed by atoms with Crippen molar-refractivity contribution >= 4 is 25.3 Å². The first kappa shape index (κ1) is 26.6. The number of phenolic OH excluding ortho intramolecular Hbond substituents is 1. The number of fused-ring (bicyclic) bond motifs is 1. The number of ether oxygens (including phenoxy) is 1. The molecule has 2 aromatic rings. The maximum absolute atomic E-state index is 13.0. The Morgan fingerprint density at radius 1 is 1.03 bits per heavy atom. The Bertz CT molecular complexity index is 988. The smallest absolute Gasteiger partial charge is 0.418 e. The molecule has 1 fully saturated rings. The molecule has 190 valence electrons. The zero-order valence-electron chi connectivity index (χ0n) is 22.7. The molecule has 0 spiro atoms. The quantitative estimate of drug-likeness (QED) is 0.414. The van der Waals surface area contributed by atoms with Gasteiger partial charge in [0.05, 0.1) is 5.52 Å². The van der Waals surface area contributed by atoms with Gasteiger partial charge in [0.15, 0.2) is 0 Å². The summed E-state index contributed by atoms with van der Waals surface area (Å²) >= 11 is 0. The molecule has 3 rings (SSSR count). The molecule has 0 radical (unpaired) electrons. The SMILES string of the molecule is CC(C)[Si](Oc1cc2c(ccn2C(=O)OC(C)(C)C)c(O)c1C1CCCCC1)(C(C)C)C(C)C. The number of phenols is 1. The van der Waals surface area contributed by atoms with Crippen LogP contribution in [0.25, 0.3) is 10.9 Å². The molecule has 0 aliphatic heterocycles. The summed E-state index contributed by atoms with van der Waals surface area (Å²) in [5.41, 5.74) is 2.19. The number of carbonyl (C=O) groups is 1. The number of hydrogen-bond acceptors (Lipinski definition) is 4. The van der Waals surface area contributed by atoms with E-state index in [1.807, 2.05) is 32.9 Å². The summed E-state index contributed by atoms with van der Waals surface area (Å²) in [4.78, 5) is 13.0. The van der Waals surface area contributed by atoms with Crippen LogP contribution in [0.5, 0.6) is 11.5 Å². The van der Waals surface area contributed by atoms with Crippen molar-refractivity contribution in [3.8, 4) is 11.5 Å². The standard InChI is InChI=1S/C28H45NO4Si/c1-18(2)34(19(3)4,20(5)6)33-24-17-23-22(15-16-29(23)27(31)32-28(7,8)9)26(30)25(24)21-13-11-10-12-14-21/h15-21,30H,10-14H2,1-9H3. The highest BCUT2D eigenvalue weighted by molar-refractivity contribution is 6.78. The number of aromatic hydroxyl groups is 1. The van der Waals surface area contributed by atoms with Crippen LogP contribution in [0.1, 0.15) is 106 Å². The normalized spacial score (nSPS) is 16.1. The maximum atomic E-state index is 13.0. The van der Waals surface area contributed by atoms with Gasteiger partial charge in [-0.05, 0) is 62.2 Å². The van der Waals surface area contributed by atoms with Crippen molar-refractivity contribution in [3.05, 3.63) is 23.9 Å². The van der Waals surface area contributed by atoms with Crippen LogP contribution < -0.4 is 4.43 Å². The predicted molar refractivity (Wildman–Crippen MR) is 143 cm³/mol. The second kappa shape index (κ2) is 9.96. The van der Waals surface area contributed by atoms with Crippen LogP contribution in [0.2, 0.25) is 16.6 Å². The van der Waals surface area contributed by atoms with E-state index in [2.05, 4.69) is 41.5 Å². The number of hydrogen-bond donors (Lipinski definition) is 1. The van der Waals surface area contributed by atoms with Gasteiger partial charge in [0, 0.05) is 23.2 Å². The van der Waals surface area contributed by atoms with E-state index in [-0.39, 0.29) is 11.7 Å². The van der Waals surface area contributed by atoms with E-state index >= 15 is 0 Å². The largest absolute Gasteiger partial charge is 0.542 e. The summed E-state index contributed by atoms with van der Waals surface area (Å²) in [6, 6.07) is 3.82. The third-order valence-electron chi connectivity index (χ3n) is 7.57. The first-order valence-corrected chi connectivity index (χ1v) is 15.2. The van der Waals surface area contributed by atoms with E-state index in [1.165, 1.54) is 23.8 Å². The third kappa shape index (κ3) is 5.02. The molecule has 0 amide bonds. The first-order valence-electron chi connectivity index (χ1n) is 13.1. The van der Waals surface area contributed by atoms with E-state index in [0.29, 0.717) is 27.5 Å². The van der Waals surface area contributed by atoms with Crippen LogP contribution in [-0.4, -0.2) is 29.7 Å². The Morgan fingerprint density at radius 3 is 2.09 bits per heavy atom. The molecular weight excluding hydrogens is 442 g/mol. The average Bonchev–Trinajstić information content (AvgIpc) is 3.15. The Labute approximate surface area is 207 Å². The number of aromatic nitrogens is 1. The van der Waals surface area contributed by atoms with Gasteiger partial charge in [-0.15, -0.1) is 0 Å². The van der Waals surface area contributed by atoms with Gasteiger partial charge in [0.1, 0.15) is 17.1 Å². The fraction of sp³-hybridized carbons (Fsp3) is 0.679. The van der Waals surface area contributed by atoms with Crippen LogP contribution in [0.4, 0.5) is 4.79 Å². The van der Waals surface area contributed by atoms with Gasteiger partial charge >= 0.3 is 6.09 Å². The highest BCUT2D eigenvalue weighted by Gasteiger charge is 2.47. The summed E-state index contributed by atoms with van der Waals surface area (Å²) in [6.45, 7) is 19.2. The van der Waals surface area contributed by atoms with Gasteiger partial charge in [0.25, 0.3) is 8.32 Å². The zero-order valence-corrected chi connectivity index (χ0v) is 23.7. The molecular formula is C28H45NO4Si. The molecule has 1 aliphatic carbocycles. The van der Waals surface area contributed by atoms with Gasteiger partial charge in [-0.3, -0.25) is 4.57 Å². The minimum Gasteiger partial charge on any atom is -0.542 e. The number of rotatable bonds is 6. The van der Waals surface area contributed by atoms with Gasteiger partial charge < -0.3 is 14.3 Å². The van der Waals surface area contributed by atoms with Gasteiger partial charge in [0.2, 0.25) is 0 Å². The third-order valence-corrected chi connectivity index (χ3v) is 13.6. The summed E-state index contributed by atoms with van der Waals surface area (Å²) in [7, 11) is -2.27. The second-order valence-electron chi connectivity index (χ2n) is 12.0. The number of nitrogens with zero attached hydrogens (tertiary/aromatic N) is 1. The first-order chi connectivity index (χ1) is 15.8. The molecule has 0 atom stereocenters. The Kier molecular flexibility index (Phi) is 7.81. The van der Waals surface area contributed by atoms with Gasteiger partial charge in [-0.2, -0.15) is 0 Å². The molecule has 1 aromatic carbocycles. The molecule has 1 aromatic heterocycles. The topological polar surface area (TPSA) is 60.7 Å². The Morgan fingerprint density at radius 2 is 1.59 bits per heavy atom. The van der Waals surface area contributed by atoms with Crippen molar-refractivity contribution in [1.29, 1.82) is 0 Å². The van der Waals surface area contributed by atoms with Crippen LogP contribution in [-0.2, 0) is 4.74 Å². The Hall–Kier alpha value is -1.95. The fourth-order valence-corrected chi connectivity index (χ4v) is 11.4. The van der Waals surface area contributed by atoms with Gasteiger partial charge in [-0.25, -0.2) is 4.79 Å². The lowest BCUT2D eigenvalue weighted by Gasteiger charge is -2.43. The van der Waals surface area contributed by atoms with Crippen molar-refractivity contribution in [2.45, 2.75) is 123 Å². The van der Waals surface area contributed by atoms with E-state index < -0.39 is 20.0 Å². The molecule has 1 aliphatic rings. The van der Waals surface area contributed by atoms with Crippen molar-refractivity contribution in [2.75, 3.05) is 0 Å². The second-order valence-corrected chi connectivity index (χ2v) is 17.4. The minimum atomic E-state index is -2.27. The minimum absolute atomic E-state index is 0.265. The van der Waals surface area contributed by atoms with Crippen LogP contribution >= 0.6 is 0 Å². The monoisotopic (exact) mass is 487 g/mol. The molecule has 1 saturated carbocycles. The molecule has 0 bridgehead atoms. The van der Waals surface area contributed by atoms with Crippen LogP contribution in [0, 0.1) is 0 Å². The van der Waals surface area contributed by atoms with E-state index in [0.717, 1.165) is 24.2 Å². The summed E-state index contributed by atoms with van der Waals surface area (Å²) in [5.74, 6) is 1.31. The molecule has 34 heavy (non-hydrogen) atoms. The highest BCUT2D eigenvalue weighted by Crippen LogP contribution is 2.50. The summed E-state index contributed by atoms with van der Waals surface area (Å²) in [5, 5.41) is 12.3. The van der Waals surface area contributed by atoms with Crippen molar-refractivity contribution in [1.82, 2.24) is 4.57 Å². The summed E-state index contributed by atoms with van der Waals surface area (Å²) < 4.78 is 14.3. The molecule has 0 saturated heterocycles. The van der Waals surface area contributed by atoms with E-state index in [4.69, 9.17) is 9.16 Å². The molecule has 6 heteroatoms. The van der Waals surface area contributed by atoms with E-state index in [1.54, 1.807) is 6.20 Å². The van der Waals surface area contributed by atoms with Crippen molar-refractivity contribution in [3.63, 3.8) is 0 Å². The highest BCUT2D eigenvalue weighted by atomic mass is 28.4. The molecule has 1 heterocycles. The van der Waals surface area contributed by atoms with Crippen LogP contribution in [0.15, 0.2) is 18.3 Å².